The van der Waals surface area contributed by atoms with Crippen molar-refractivity contribution in [3.05, 3.63) is 70.6 Å². The second-order valence-corrected chi connectivity index (χ2v) is 10.2. The van der Waals surface area contributed by atoms with Crippen LogP contribution in [-0.4, -0.2) is 55.1 Å². The first-order valence-electron chi connectivity index (χ1n) is 10.9. The Labute approximate surface area is 231 Å². The molecule has 14 heteroatoms. The number of hydrogen-bond donors (Lipinski definition) is 1. The van der Waals surface area contributed by atoms with Gasteiger partial charge in [-0.15, -0.1) is 0 Å². The molecule has 38 heavy (non-hydrogen) atoms. The zero-order valence-corrected chi connectivity index (χ0v) is 22.7. The van der Waals surface area contributed by atoms with Crippen molar-refractivity contribution in [2.75, 3.05) is 25.0 Å². The molecule has 0 atom stereocenters. The third-order valence-corrected chi connectivity index (χ3v) is 6.82. The molecule has 0 fully saturated rings. The van der Waals surface area contributed by atoms with E-state index in [1.807, 2.05) is 0 Å². The van der Waals surface area contributed by atoms with E-state index in [9.17, 15) is 13.2 Å². The molecule has 4 aromatic rings. The average Bonchev–Trinajstić information content (AvgIpc) is 2.93. The lowest BCUT2D eigenvalue weighted by molar-refractivity contribution is -0.129. The fourth-order valence-corrected chi connectivity index (χ4v) is 4.42. The van der Waals surface area contributed by atoms with Gasteiger partial charge in [0.1, 0.15) is 13.2 Å². The Balaban J connectivity index is 1.86. The second-order valence-electron chi connectivity index (χ2n) is 7.23. The smallest absolute Gasteiger partial charge is 0.293 e. The van der Waals surface area contributed by atoms with Crippen LogP contribution in [0.4, 0.5) is 5.82 Å². The van der Waals surface area contributed by atoms with Crippen LogP contribution in [0.15, 0.2) is 71.9 Å². The molecule has 12 nitrogen and oxygen atoms in total. The van der Waals surface area contributed by atoms with E-state index in [1.165, 1.54) is 31.6 Å². The van der Waals surface area contributed by atoms with Crippen molar-refractivity contribution in [1.29, 1.82) is 0 Å². The molecule has 1 N–H and O–H groups in total. The SMILES string of the molecule is COc1ccccc1Oc1c(NS(=O)(=O)c2ccc(I)cc2)nc(-c2ncccn2)nc1OCCOC=O. The number of nitrogens with one attached hydrogen (secondary N) is 1. The van der Waals surface area contributed by atoms with Crippen LogP contribution in [0, 0.1) is 3.57 Å². The highest BCUT2D eigenvalue weighted by Gasteiger charge is 2.26. The molecule has 0 spiro atoms. The van der Waals surface area contributed by atoms with Gasteiger partial charge in [0.25, 0.3) is 22.4 Å². The lowest BCUT2D eigenvalue weighted by Crippen LogP contribution is -2.17. The summed E-state index contributed by atoms with van der Waals surface area (Å²) in [5.41, 5.74) is 0. The standard InChI is InChI=1S/C24H20IN5O7S/c1-34-18-5-2-3-6-19(18)37-20-21(30-38(32,33)17-9-7-16(25)8-10-17)28-23(22-26-11-4-12-27-22)29-24(20)36-14-13-35-15-31/h2-12,15H,13-14H2,1H3,(H,28,29,30). The maximum Gasteiger partial charge on any atom is 0.293 e. The van der Waals surface area contributed by atoms with Gasteiger partial charge in [-0.1, -0.05) is 12.1 Å². The van der Waals surface area contributed by atoms with E-state index in [0.29, 0.717) is 5.75 Å². The summed E-state index contributed by atoms with van der Waals surface area (Å²) < 4.78 is 51.8. The molecule has 2 aromatic heterocycles. The van der Waals surface area contributed by atoms with Crippen LogP contribution in [0.5, 0.6) is 23.1 Å². The number of nitrogens with zero attached hydrogens (tertiary/aromatic N) is 4. The first-order chi connectivity index (χ1) is 18.4. The Morgan fingerprint density at radius 2 is 1.63 bits per heavy atom. The molecule has 2 heterocycles. The average molecular weight is 649 g/mol. The molecule has 0 aliphatic heterocycles. The van der Waals surface area contributed by atoms with Crippen molar-refractivity contribution in [3.8, 4) is 34.8 Å². The van der Waals surface area contributed by atoms with Gasteiger partial charge in [0.2, 0.25) is 11.6 Å². The molecule has 0 bridgehead atoms. The van der Waals surface area contributed by atoms with Crippen LogP contribution in [-0.2, 0) is 19.6 Å². The van der Waals surface area contributed by atoms with E-state index in [4.69, 9.17) is 18.9 Å². The molecular formula is C24H20IN5O7S. The number of anilines is 1. The van der Waals surface area contributed by atoms with Gasteiger partial charge in [-0.25, -0.2) is 23.4 Å². The Hall–Kier alpha value is -4.05. The van der Waals surface area contributed by atoms with Crippen molar-refractivity contribution in [2.45, 2.75) is 4.90 Å². The van der Waals surface area contributed by atoms with Gasteiger partial charge in [-0.2, -0.15) is 4.98 Å². The van der Waals surface area contributed by atoms with Crippen LogP contribution >= 0.6 is 22.6 Å². The number of halogens is 1. The minimum Gasteiger partial charge on any atom is -0.493 e. The normalized spacial score (nSPS) is 10.9. The molecule has 0 saturated carbocycles. The highest BCUT2D eigenvalue weighted by atomic mass is 127. The number of methoxy groups -OCH3 is 1. The molecule has 0 saturated heterocycles. The van der Waals surface area contributed by atoms with Crippen LogP contribution in [0.2, 0.25) is 0 Å². The number of hydrogen-bond acceptors (Lipinski definition) is 11. The molecule has 2 aromatic carbocycles. The summed E-state index contributed by atoms with van der Waals surface area (Å²) in [5.74, 6) is 0.135. The van der Waals surface area contributed by atoms with Gasteiger partial charge in [0, 0.05) is 16.0 Å². The Morgan fingerprint density at radius 3 is 2.32 bits per heavy atom. The number of para-hydroxylation sites is 2. The van der Waals surface area contributed by atoms with Crippen LogP contribution in [0.25, 0.3) is 11.6 Å². The first-order valence-corrected chi connectivity index (χ1v) is 13.4. The number of ether oxygens (including phenoxy) is 4. The summed E-state index contributed by atoms with van der Waals surface area (Å²) in [4.78, 5) is 27.6. The molecule has 0 amide bonds. The topological polar surface area (TPSA) is 152 Å². The number of carbonyl (C=O) groups is 1. The van der Waals surface area contributed by atoms with Crippen LogP contribution < -0.4 is 18.9 Å². The summed E-state index contributed by atoms with van der Waals surface area (Å²) in [5, 5.41) is 0. The maximum absolute atomic E-state index is 13.3. The molecule has 0 aliphatic carbocycles. The zero-order chi connectivity index (χ0) is 27.0. The summed E-state index contributed by atoms with van der Waals surface area (Å²) in [7, 11) is -2.67. The van der Waals surface area contributed by atoms with E-state index in [-0.39, 0.29) is 59.4 Å². The summed E-state index contributed by atoms with van der Waals surface area (Å²) in [6.45, 7) is 0.0678. The lowest BCUT2D eigenvalue weighted by Gasteiger charge is -2.18. The van der Waals surface area contributed by atoms with E-state index in [2.05, 4.69) is 47.2 Å². The highest BCUT2D eigenvalue weighted by Crippen LogP contribution is 2.41. The van der Waals surface area contributed by atoms with Crippen molar-refractivity contribution < 1.29 is 32.2 Å². The van der Waals surface area contributed by atoms with Gasteiger partial charge in [-0.3, -0.25) is 9.52 Å². The van der Waals surface area contributed by atoms with Crippen molar-refractivity contribution >= 4 is 44.9 Å². The number of rotatable bonds is 12. The molecule has 0 radical (unpaired) electrons. The molecule has 0 unspecified atom stereocenters. The molecule has 0 aliphatic rings. The van der Waals surface area contributed by atoms with Gasteiger partial charge < -0.3 is 18.9 Å². The molecule has 4 rings (SSSR count). The fourth-order valence-electron chi connectivity index (χ4n) is 3.05. The monoisotopic (exact) mass is 649 g/mol. The second kappa shape index (κ2) is 12.5. The fraction of sp³-hybridized carbons (Fsp3) is 0.125. The lowest BCUT2D eigenvalue weighted by atomic mass is 10.3. The zero-order valence-electron chi connectivity index (χ0n) is 19.8. The minimum absolute atomic E-state index is 0.000803. The minimum atomic E-state index is -4.13. The predicted octanol–water partition coefficient (Wildman–Crippen LogP) is 3.69. The van der Waals surface area contributed by atoms with Crippen LogP contribution in [0.1, 0.15) is 0 Å². The summed E-state index contributed by atoms with van der Waals surface area (Å²) in [6, 6.07) is 14.6. The quantitative estimate of drug-likeness (QED) is 0.136. The van der Waals surface area contributed by atoms with Gasteiger partial charge >= 0.3 is 0 Å². The Bertz CT molecular complexity index is 1510. The van der Waals surface area contributed by atoms with Gasteiger partial charge in [0.15, 0.2) is 23.1 Å². The Morgan fingerprint density at radius 1 is 0.921 bits per heavy atom. The van der Waals surface area contributed by atoms with Gasteiger partial charge in [-0.05, 0) is 65.1 Å². The van der Waals surface area contributed by atoms with Crippen molar-refractivity contribution in [2.24, 2.45) is 0 Å². The van der Waals surface area contributed by atoms with E-state index in [0.717, 1.165) is 3.57 Å². The maximum atomic E-state index is 13.3. The largest absolute Gasteiger partial charge is 0.493 e. The molecular weight excluding hydrogens is 629 g/mol. The highest BCUT2D eigenvalue weighted by molar-refractivity contribution is 14.1. The van der Waals surface area contributed by atoms with Crippen LogP contribution in [0.3, 0.4) is 0 Å². The Kier molecular flexibility index (Phi) is 8.85. The third kappa shape index (κ3) is 6.63. The number of carbonyl (C=O) groups excluding carboxylic acids is 1. The molecule has 196 valence electrons. The predicted molar refractivity (Wildman–Crippen MR) is 144 cm³/mol. The van der Waals surface area contributed by atoms with Gasteiger partial charge in [0.05, 0.1) is 12.0 Å². The van der Waals surface area contributed by atoms with Crippen molar-refractivity contribution in [3.63, 3.8) is 0 Å². The number of aromatic nitrogens is 4. The van der Waals surface area contributed by atoms with Crippen molar-refractivity contribution in [1.82, 2.24) is 19.9 Å². The number of sulfonamides is 1. The number of benzene rings is 2. The van der Waals surface area contributed by atoms with E-state index in [1.54, 1.807) is 42.5 Å². The summed E-state index contributed by atoms with van der Waals surface area (Å²) >= 11 is 2.08. The summed E-state index contributed by atoms with van der Waals surface area (Å²) in [6.07, 6.45) is 2.97. The first kappa shape index (κ1) is 27.0. The van der Waals surface area contributed by atoms with E-state index >= 15 is 0 Å². The third-order valence-electron chi connectivity index (χ3n) is 4.74. The van der Waals surface area contributed by atoms with E-state index < -0.39 is 10.0 Å².